The summed E-state index contributed by atoms with van der Waals surface area (Å²) in [4.78, 5) is 27.8. The van der Waals surface area contributed by atoms with Crippen LogP contribution in [0.1, 0.15) is 44.1 Å². The molecule has 1 fully saturated rings. The Hall–Kier alpha value is -1.27. The molecular weight excluding hydrogens is 274 g/mol. The molecule has 1 saturated heterocycles. The molecule has 1 aromatic heterocycles. The van der Waals surface area contributed by atoms with Gasteiger partial charge in [-0.1, -0.05) is 13.8 Å². The van der Waals surface area contributed by atoms with Gasteiger partial charge in [-0.05, 0) is 31.8 Å². The van der Waals surface area contributed by atoms with E-state index in [0.29, 0.717) is 16.7 Å². The Balaban J connectivity index is 2.03. The van der Waals surface area contributed by atoms with Gasteiger partial charge >= 0.3 is 0 Å². The van der Waals surface area contributed by atoms with E-state index in [9.17, 15) is 9.59 Å². The van der Waals surface area contributed by atoms with E-state index in [1.165, 1.54) is 18.3 Å². The van der Waals surface area contributed by atoms with Crippen LogP contribution in [0.2, 0.25) is 0 Å². The van der Waals surface area contributed by atoms with Crippen molar-refractivity contribution in [3.8, 4) is 0 Å². The number of ketones is 1. The molecule has 1 aromatic rings. The van der Waals surface area contributed by atoms with Gasteiger partial charge in [0.1, 0.15) is 5.69 Å². The number of anilines is 1. The maximum absolute atomic E-state index is 12.5. The zero-order valence-electron chi connectivity index (χ0n) is 12.2. The zero-order chi connectivity index (χ0) is 14.8. The fourth-order valence-corrected chi connectivity index (χ4v) is 3.15. The van der Waals surface area contributed by atoms with Gasteiger partial charge in [0.05, 0.1) is 0 Å². The molecule has 20 heavy (non-hydrogen) atoms. The van der Waals surface area contributed by atoms with Gasteiger partial charge in [-0.15, -0.1) is 11.3 Å². The highest BCUT2D eigenvalue weighted by molar-refractivity contribution is 7.14. The average Bonchev–Trinajstić information content (AvgIpc) is 2.88. The molecular formula is C14H21N3O2S. The summed E-state index contributed by atoms with van der Waals surface area (Å²) in [5.74, 6) is 0.205. The second-order valence-corrected chi connectivity index (χ2v) is 6.67. The molecule has 1 amide bonds. The van der Waals surface area contributed by atoms with Crippen molar-refractivity contribution in [2.45, 2.75) is 33.6 Å². The van der Waals surface area contributed by atoms with Crippen molar-refractivity contribution in [1.82, 2.24) is 10.3 Å². The third kappa shape index (κ3) is 3.24. The van der Waals surface area contributed by atoms with Crippen molar-refractivity contribution >= 4 is 28.2 Å². The van der Waals surface area contributed by atoms with E-state index in [0.717, 1.165) is 25.9 Å². The molecule has 0 aromatic carbocycles. The number of piperidine rings is 1. The smallest absolute Gasteiger partial charge is 0.232 e. The van der Waals surface area contributed by atoms with E-state index in [4.69, 9.17) is 0 Å². The number of amides is 1. The predicted octanol–water partition coefficient (Wildman–Crippen LogP) is 2.31. The number of hydrogen-bond acceptors (Lipinski definition) is 5. The highest BCUT2D eigenvalue weighted by atomic mass is 32.1. The van der Waals surface area contributed by atoms with Crippen LogP contribution in [-0.4, -0.2) is 29.8 Å². The van der Waals surface area contributed by atoms with E-state index < -0.39 is 5.41 Å². The number of aromatic nitrogens is 1. The first-order valence-corrected chi connectivity index (χ1v) is 7.78. The number of nitrogens with zero attached hydrogens (tertiary/aromatic N) is 1. The molecule has 1 atom stereocenters. The second-order valence-electron chi connectivity index (χ2n) is 5.81. The Kier molecular flexibility index (Phi) is 4.55. The fraction of sp³-hybridized carbons (Fsp3) is 0.643. The minimum Gasteiger partial charge on any atom is -0.316 e. The van der Waals surface area contributed by atoms with Crippen molar-refractivity contribution in [3.63, 3.8) is 0 Å². The average molecular weight is 295 g/mol. The molecule has 6 heteroatoms. The second kappa shape index (κ2) is 6.01. The molecule has 0 saturated carbocycles. The van der Waals surface area contributed by atoms with Crippen LogP contribution in [0, 0.1) is 11.3 Å². The predicted molar refractivity (Wildman–Crippen MR) is 80.1 cm³/mol. The Morgan fingerprint density at radius 2 is 2.25 bits per heavy atom. The van der Waals surface area contributed by atoms with Crippen molar-refractivity contribution in [2.24, 2.45) is 11.3 Å². The van der Waals surface area contributed by atoms with Gasteiger partial charge in [-0.2, -0.15) is 0 Å². The van der Waals surface area contributed by atoms with E-state index in [1.807, 2.05) is 13.8 Å². The zero-order valence-corrected chi connectivity index (χ0v) is 13.0. The monoisotopic (exact) mass is 295 g/mol. The summed E-state index contributed by atoms with van der Waals surface area (Å²) in [5.41, 5.74) is -0.0439. The van der Waals surface area contributed by atoms with E-state index >= 15 is 0 Å². The van der Waals surface area contributed by atoms with Crippen molar-refractivity contribution in [2.75, 3.05) is 18.4 Å². The third-order valence-corrected chi connectivity index (χ3v) is 4.75. The molecule has 2 heterocycles. The van der Waals surface area contributed by atoms with Gasteiger partial charge in [0.25, 0.3) is 0 Å². The maximum Gasteiger partial charge on any atom is 0.232 e. The number of Topliss-reactive ketones (excluding diaryl/α,β-unsaturated/α-hetero) is 1. The van der Waals surface area contributed by atoms with Crippen LogP contribution in [-0.2, 0) is 4.79 Å². The van der Waals surface area contributed by atoms with Gasteiger partial charge < -0.3 is 10.6 Å². The van der Waals surface area contributed by atoms with Crippen LogP contribution in [0.4, 0.5) is 5.13 Å². The molecule has 0 aliphatic carbocycles. The summed E-state index contributed by atoms with van der Waals surface area (Å²) in [6, 6.07) is 0. The first kappa shape index (κ1) is 15.1. The van der Waals surface area contributed by atoms with Crippen LogP contribution < -0.4 is 10.6 Å². The highest BCUT2D eigenvalue weighted by Crippen LogP contribution is 2.33. The Morgan fingerprint density at radius 3 is 2.80 bits per heavy atom. The van der Waals surface area contributed by atoms with Crippen molar-refractivity contribution < 1.29 is 9.59 Å². The number of hydrogen-bond donors (Lipinski definition) is 2. The van der Waals surface area contributed by atoms with E-state index in [-0.39, 0.29) is 11.7 Å². The number of nitrogens with one attached hydrogen (secondary N) is 2. The lowest BCUT2D eigenvalue weighted by molar-refractivity contribution is -0.127. The third-order valence-electron chi connectivity index (χ3n) is 3.99. The Labute approximate surface area is 123 Å². The summed E-state index contributed by atoms with van der Waals surface area (Å²) < 4.78 is 0. The standard InChI is InChI=1S/C14H21N3O2S/c1-9(18)11-8-20-13(16-11)17-12(19)14(2,3)10-5-4-6-15-7-10/h8,10,15H,4-7H2,1-3H3,(H,16,17,19). The van der Waals surface area contributed by atoms with Gasteiger partial charge in [0.15, 0.2) is 10.9 Å². The Bertz CT molecular complexity index is 504. The molecule has 0 radical (unpaired) electrons. The summed E-state index contributed by atoms with van der Waals surface area (Å²) in [5, 5.41) is 8.36. The van der Waals surface area contributed by atoms with Crippen LogP contribution in [0.15, 0.2) is 5.38 Å². The van der Waals surface area contributed by atoms with Crippen LogP contribution in [0.25, 0.3) is 0 Å². The topological polar surface area (TPSA) is 71.1 Å². The first-order valence-electron chi connectivity index (χ1n) is 6.90. The van der Waals surface area contributed by atoms with E-state index in [2.05, 4.69) is 15.6 Å². The van der Waals surface area contributed by atoms with Crippen LogP contribution >= 0.6 is 11.3 Å². The summed E-state index contributed by atoms with van der Waals surface area (Å²) in [6.07, 6.45) is 2.16. The lowest BCUT2D eigenvalue weighted by Gasteiger charge is -2.35. The van der Waals surface area contributed by atoms with Gasteiger partial charge in [-0.25, -0.2) is 4.98 Å². The number of rotatable bonds is 4. The van der Waals surface area contributed by atoms with Gasteiger partial charge in [0, 0.05) is 17.7 Å². The first-order chi connectivity index (χ1) is 9.41. The minimum absolute atomic E-state index is 0.0318. The number of thiazole rings is 1. The normalized spacial score (nSPS) is 19.6. The fourth-order valence-electron chi connectivity index (χ4n) is 2.40. The lowest BCUT2D eigenvalue weighted by Crippen LogP contribution is -2.44. The number of carbonyl (C=O) groups is 2. The van der Waals surface area contributed by atoms with Crippen molar-refractivity contribution in [1.29, 1.82) is 0 Å². The SMILES string of the molecule is CC(=O)c1csc(NC(=O)C(C)(C)C2CCCNC2)n1. The largest absolute Gasteiger partial charge is 0.316 e. The molecule has 5 nitrogen and oxygen atoms in total. The van der Waals surface area contributed by atoms with E-state index in [1.54, 1.807) is 5.38 Å². The molecule has 2 N–H and O–H groups in total. The highest BCUT2D eigenvalue weighted by Gasteiger charge is 2.37. The van der Waals surface area contributed by atoms with Crippen molar-refractivity contribution in [3.05, 3.63) is 11.1 Å². The molecule has 1 aliphatic heterocycles. The molecule has 0 bridgehead atoms. The molecule has 2 rings (SSSR count). The summed E-state index contributed by atoms with van der Waals surface area (Å²) >= 11 is 1.29. The van der Waals surface area contributed by atoms with Gasteiger partial charge in [0.2, 0.25) is 5.91 Å². The lowest BCUT2D eigenvalue weighted by atomic mass is 9.74. The van der Waals surface area contributed by atoms with Crippen LogP contribution in [0.5, 0.6) is 0 Å². The minimum atomic E-state index is -0.449. The Morgan fingerprint density at radius 1 is 1.50 bits per heavy atom. The molecule has 0 spiro atoms. The molecule has 1 unspecified atom stereocenters. The summed E-state index contributed by atoms with van der Waals surface area (Å²) in [6.45, 7) is 7.32. The van der Waals surface area contributed by atoms with Crippen LogP contribution in [0.3, 0.4) is 0 Å². The number of carbonyl (C=O) groups excluding carboxylic acids is 2. The quantitative estimate of drug-likeness (QED) is 0.836. The summed E-state index contributed by atoms with van der Waals surface area (Å²) in [7, 11) is 0. The molecule has 110 valence electrons. The van der Waals surface area contributed by atoms with Gasteiger partial charge in [-0.3, -0.25) is 9.59 Å². The molecule has 1 aliphatic rings. The maximum atomic E-state index is 12.5.